The maximum atomic E-state index is 9.47. The number of aliphatic hydroxyl groups excluding tert-OH is 1. The highest BCUT2D eigenvalue weighted by Crippen LogP contribution is 2.18. The van der Waals surface area contributed by atoms with Gasteiger partial charge < -0.3 is 5.11 Å². The SMILES string of the molecule is Cc1cccc(CN2CCC(O)CC2)c1C. The average molecular weight is 219 g/mol. The Labute approximate surface area is 97.9 Å². The molecule has 0 spiro atoms. The molecule has 2 rings (SSSR count). The molecule has 0 radical (unpaired) electrons. The molecule has 0 saturated carbocycles. The molecule has 1 aliphatic heterocycles. The van der Waals surface area contributed by atoms with Crippen LogP contribution in [-0.2, 0) is 6.54 Å². The lowest BCUT2D eigenvalue weighted by Crippen LogP contribution is -2.35. The first-order chi connectivity index (χ1) is 7.66. The molecular weight excluding hydrogens is 198 g/mol. The highest BCUT2D eigenvalue weighted by molar-refractivity contribution is 5.33. The minimum atomic E-state index is -0.0742. The Morgan fingerprint density at radius 2 is 1.94 bits per heavy atom. The van der Waals surface area contributed by atoms with Gasteiger partial charge in [-0.15, -0.1) is 0 Å². The molecule has 2 heteroatoms. The maximum absolute atomic E-state index is 9.47. The zero-order chi connectivity index (χ0) is 11.5. The van der Waals surface area contributed by atoms with Crippen LogP contribution in [0.25, 0.3) is 0 Å². The third kappa shape index (κ3) is 2.63. The first-order valence-electron chi connectivity index (χ1n) is 6.12. The number of benzene rings is 1. The molecule has 0 aliphatic carbocycles. The summed E-state index contributed by atoms with van der Waals surface area (Å²) < 4.78 is 0. The summed E-state index contributed by atoms with van der Waals surface area (Å²) in [6.45, 7) is 7.44. The highest BCUT2D eigenvalue weighted by atomic mass is 16.3. The van der Waals surface area contributed by atoms with Gasteiger partial charge in [0.25, 0.3) is 0 Å². The van der Waals surface area contributed by atoms with Crippen molar-refractivity contribution in [3.05, 3.63) is 34.9 Å². The van der Waals surface area contributed by atoms with Gasteiger partial charge in [-0.3, -0.25) is 4.90 Å². The van der Waals surface area contributed by atoms with Crippen molar-refractivity contribution in [2.75, 3.05) is 13.1 Å². The maximum Gasteiger partial charge on any atom is 0.0564 e. The van der Waals surface area contributed by atoms with Gasteiger partial charge in [0, 0.05) is 19.6 Å². The number of rotatable bonds is 2. The van der Waals surface area contributed by atoms with Crippen LogP contribution in [0.1, 0.15) is 29.5 Å². The van der Waals surface area contributed by atoms with E-state index in [1.54, 1.807) is 0 Å². The van der Waals surface area contributed by atoms with Crippen molar-refractivity contribution >= 4 is 0 Å². The molecule has 1 aliphatic rings. The second kappa shape index (κ2) is 4.98. The summed E-state index contributed by atoms with van der Waals surface area (Å²) in [7, 11) is 0. The second-order valence-corrected chi connectivity index (χ2v) is 4.87. The van der Waals surface area contributed by atoms with E-state index in [-0.39, 0.29) is 6.10 Å². The van der Waals surface area contributed by atoms with Crippen molar-refractivity contribution in [3.8, 4) is 0 Å². The van der Waals surface area contributed by atoms with E-state index in [0.717, 1.165) is 32.5 Å². The average Bonchev–Trinajstić information content (AvgIpc) is 2.28. The molecule has 16 heavy (non-hydrogen) atoms. The summed E-state index contributed by atoms with van der Waals surface area (Å²) in [4.78, 5) is 2.44. The number of likely N-dealkylation sites (tertiary alicyclic amines) is 1. The van der Waals surface area contributed by atoms with E-state index in [9.17, 15) is 5.11 Å². The zero-order valence-electron chi connectivity index (χ0n) is 10.2. The van der Waals surface area contributed by atoms with E-state index < -0.39 is 0 Å². The molecule has 0 amide bonds. The Kier molecular flexibility index (Phi) is 3.62. The van der Waals surface area contributed by atoms with Crippen molar-refractivity contribution in [2.45, 2.75) is 39.3 Å². The van der Waals surface area contributed by atoms with Gasteiger partial charge in [-0.25, -0.2) is 0 Å². The van der Waals surface area contributed by atoms with Gasteiger partial charge in [-0.1, -0.05) is 18.2 Å². The fraction of sp³-hybridized carbons (Fsp3) is 0.571. The quantitative estimate of drug-likeness (QED) is 0.824. The fourth-order valence-electron chi connectivity index (χ4n) is 2.30. The summed E-state index contributed by atoms with van der Waals surface area (Å²) >= 11 is 0. The van der Waals surface area contributed by atoms with E-state index >= 15 is 0 Å². The third-order valence-corrected chi connectivity index (χ3v) is 3.67. The predicted molar refractivity (Wildman–Crippen MR) is 66.4 cm³/mol. The molecular formula is C14H21NO. The van der Waals surface area contributed by atoms with Crippen LogP contribution in [0.2, 0.25) is 0 Å². The summed E-state index contributed by atoms with van der Waals surface area (Å²) in [6.07, 6.45) is 1.77. The molecule has 88 valence electrons. The number of nitrogens with zero attached hydrogens (tertiary/aromatic N) is 1. The van der Waals surface area contributed by atoms with E-state index in [4.69, 9.17) is 0 Å². The van der Waals surface area contributed by atoms with Crippen molar-refractivity contribution in [1.29, 1.82) is 0 Å². The van der Waals surface area contributed by atoms with E-state index in [1.807, 2.05) is 0 Å². The zero-order valence-corrected chi connectivity index (χ0v) is 10.2. The largest absolute Gasteiger partial charge is 0.393 e. The van der Waals surface area contributed by atoms with E-state index in [2.05, 4.69) is 36.9 Å². The molecule has 0 unspecified atom stereocenters. The molecule has 2 nitrogen and oxygen atoms in total. The summed E-state index contributed by atoms with van der Waals surface area (Å²) in [6, 6.07) is 6.52. The summed E-state index contributed by atoms with van der Waals surface area (Å²) in [5.41, 5.74) is 4.21. The van der Waals surface area contributed by atoms with E-state index in [0.29, 0.717) is 0 Å². The number of aliphatic hydroxyl groups is 1. The van der Waals surface area contributed by atoms with Gasteiger partial charge in [0.2, 0.25) is 0 Å². The van der Waals surface area contributed by atoms with E-state index in [1.165, 1.54) is 16.7 Å². The number of aryl methyl sites for hydroxylation is 1. The van der Waals surface area contributed by atoms with Gasteiger partial charge in [0.05, 0.1) is 6.10 Å². The van der Waals surface area contributed by atoms with Gasteiger partial charge in [-0.2, -0.15) is 0 Å². The lowest BCUT2D eigenvalue weighted by atomic mass is 10.0. The highest BCUT2D eigenvalue weighted by Gasteiger charge is 2.17. The molecule has 0 atom stereocenters. The minimum absolute atomic E-state index is 0.0742. The third-order valence-electron chi connectivity index (χ3n) is 3.67. The molecule has 1 aromatic rings. The Bertz CT molecular complexity index is 354. The standard InChI is InChI=1S/C14H21NO/c1-11-4-3-5-13(12(11)2)10-15-8-6-14(16)7-9-15/h3-5,14,16H,6-10H2,1-2H3. The van der Waals surface area contributed by atoms with Gasteiger partial charge in [0.15, 0.2) is 0 Å². The van der Waals surface area contributed by atoms with Crippen molar-refractivity contribution in [3.63, 3.8) is 0 Å². The number of hydrogen-bond acceptors (Lipinski definition) is 2. The molecule has 1 heterocycles. The number of piperidine rings is 1. The van der Waals surface area contributed by atoms with Gasteiger partial charge in [0.1, 0.15) is 0 Å². The van der Waals surface area contributed by atoms with Crippen LogP contribution in [0.15, 0.2) is 18.2 Å². The second-order valence-electron chi connectivity index (χ2n) is 4.87. The van der Waals surface area contributed by atoms with Crippen LogP contribution < -0.4 is 0 Å². The fourth-order valence-corrected chi connectivity index (χ4v) is 2.30. The topological polar surface area (TPSA) is 23.5 Å². The van der Waals surface area contributed by atoms with Crippen LogP contribution in [0.3, 0.4) is 0 Å². The molecule has 1 saturated heterocycles. The molecule has 1 fully saturated rings. The summed E-state index contributed by atoms with van der Waals surface area (Å²) in [5, 5.41) is 9.47. The molecule has 1 aromatic carbocycles. The molecule has 0 aromatic heterocycles. The smallest absolute Gasteiger partial charge is 0.0564 e. The Morgan fingerprint density at radius 3 is 2.62 bits per heavy atom. The predicted octanol–water partition coefficient (Wildman–Crippen LogP) is 2.26. The van der Waals surface area contributed by atoms with Crippen LogP contribution in [-0.4, -0.2) is 29.2 Å². The van der Waals surface area contributed by atoms with Gasteiger partial charge >= 0.3 is 0 Å². The van der Waals surface area contributed by atoms with Crippen LogP contribution in [0.5, 0.6) is 0 Å². The Hall–Kier alpha value is -0.860. The molecule has 0 bridgehead atoms. The van der Waals surface area contributed by atoms with Crippen LogP contribution in [0, 0.1) is 13.8 Å². The lowest BCUT2D eigenvalue weighted by Gasteiger charge is -2.30. The van der Waals surface area contributed by atoms with Crippen molar-refractivity contribution < 1.29 is 5.11 Å². The van der Waals surface area contributed by atoms with Crippen LogP contribution in [0.4, 0.5) is 0 Å². The molecule has 1 N–H and O–H groups in total. The summed E-state index contributed by atoms with van der Waals surface area (Å²) in [5.74, 6) is 0. The first-order valence-corrected chi connectivity index (χ1v) is 6.12. The Balaban J connectivity index is 2.01. The first kappa shape index (κ1) is 11.6. The monoisotopic (exact) mass is 219 g/mol. The Morgan fingerprint density at radius 1 is 1.25 bits per heavy atom. The lowest BCUT2D eigenvalue weighted by molar-refractivity contribution is 0.0791. The number of hydrogen-bond donors (Lipinski definition) is 1. The minimum Gasteiger partial charge on any atom is -0.393 e. The normalized spacial score (nSPS) is 18.9. The van der Waals surface area contributed by atoms with Gasteiger partial charge in [-0.05, 0) is 43.4 Å². The van der Waals surface area contributed by atoms with Crippen molar-refractivity contribution in [2.24, 2.45) is 0 Å². The van der Waals surface area contributed by atoms with Crippen molar-refractivity contribution in [1.82, 2.24) is 4.90 Å². The van der Waals surface area contributed by atoms with Crippen LogP contribution >= 0.6 is 0 Å².